The van der Waals surface area contributed by atoms with Crippen molar-refractivity contribution in [3.63, 3.8) is 0 Å². The second kappa shape index (κ2) is 7.27. The maximum atomic E-state index is 13.8. The molecule has 6 nitrogen and oxygen atoms in total. The molecule has 0 saturated carbocycles. The van der Waals surface area contributed by atoms with Gasteiger partial charge in [0.25, 0.3) is 0 Å². The average Bonchev–Trinajstić information content (AvgIpc) is 2.69. The van der Waals surface area contributed by atoms with Crippen molar-refractivity contribution in [2.24, 2.45) is 0 Å². The lowest BCUT2D eigenvalue weighted by molar-refractivity contribution is -0.118. The molecule has 0 bridgehead atoms. The summed E-state index contributed by atoms with van der Waals surface area (Å²) in [7, 11) is 0. The smallest absolute Gasteiger partial charge is 0.408 e. The minimum Gasteiger partial charge on any atom is -0.486 e. The van der Waals surface area contributed by atoms with Gasteiger partial charge in [-0.25, -0.2) is 13.6 Å². The predicted molar refractivity (Wildman–Crippen MR) is 106 cm³/mol. The number of ether oxygens (including phenoxy) is 2. The van der Waals surface area contributed by atoms with Crippen molar-refractivity contribution in [1.29, 1.82) is 0 Å². The summed E-state index contributed by atoms with van der Waals surface area (Å²) in [5.41, 5.74) is 2.24. The number of carbonyl (C=O) groups excluding carboxylic acids is 2. The minimum atomic E-state index is -0.943. The number of amides is 2. The Morgan fingerprint density at radius 1 is 1.23 bits per heavy atom. The number of carbonyl (C=O) groups is 2. The third-order valence-corrected chi connectivity index (χ3v) is 5.55. The summed E-state index contributed by atoms with van der Waals surface area (Å²) in [6, 6.07) is 4.99. The van der Waals surface area contributed by atoms with Crippen LogP contribution in [-0.2, 0) is 22.6 Å². The summed E-state index contributed by atoms with van der Waals surface area (Å²) >= 11 is 0. The quantitative estimate of drug-likeness (QED) is 0.782. The van der Waals surface area contributed by atoms with Crippen LogP contribution in [0.15, 0.2) is 24.3 Å². The van der Waals surface area contributed by atoms with Gasteiger partial charge in [-0.15, -0.1) is 0 Å². The molecule has 158 valence electrons. The van der Waals surface area contributed by atoms with Crippen molar-refractivity contribution in [1.82, 2.24) is 5.32 Å². The molecule has 0 fully saturated rings. The SMILES string of the molecule is CCC(C)(C)OC(=O)N[C@H]1Cc2ccc3c(c2NC1=O)OCc1cc(F)c(F)cc1-3. The Hall–Kier alpha value is -3.16. The minimum absolute atomic E-state index is 0.0615. The first kappa shape index (κ1) is 20.1. The monoisotopic (exact) mass is 416 g/mol. The van der Waals surface area contributed by atoms with Crippen molar-refractivity contribution < 1.29 is 27.8 Å². The largest absolute Gasteiger partial charge is 0.486 e. The molecule has 2 aromatic carbocycles. The topological polar surface area (TPSA) is 76.7 Å². The van der Waals surface area contributed by atoms with Gasteiger partial charge in [0, 0.05) is 17.5 Å². The van der Waals surface area contributed by atoms with E-state index in [0.29, 0.717) is 34.5 Å². The van der Waals surface area contributed by atoms with Crippen molar-refractivity contribution >= 4 is 17.7 Å². The van der Waals surface area contributed by atoms with Gasteiger partial charge in [0.05, 0.1) is 5.69 Å². The van der Waals surface area contributed by atoms with Gasteiger partial charge in [-0.05, 0) is 43.5 Å². The summed E-state index contributed by atoms with van der Waals surface area (Å²) in [5.74, 6) is -1.87. The molecule has 8 heteroatoms. The molecular weight excluding hydrogens is 394 g/mol. The van der Waals surface area contributed by atoms with E-state index in [4.69, 9.17) is 9.47 Å². The molecule has 2 aromatic rings. The van der Waals surface area contributed by atoms with Crippen LogP contribution in [0.3, 0.4) is 0 Å². The van der Waals surface area contributed by atoms with E-state index >= 15 is 0 Å². The maximum absolute atomic E-state index is 13.8. The zero-order valence-corrected chi connectivity index (χ0v) is 16.9. The molecule has 0 radical (unpaired) electrons. The second-order valence-electron chi connectivity index (χ2n) is 8.08. The number of benzene rings is 2. The lowest BCUT2D eigenvalue weighted by atomic mass is 9.91. The molecule has 2 heterocycles. The summed E-state index contributed by atoms with van der Waals surface area (Å²) in [4.78, 5) is 24.8. The molecule has 0 aliphatic carbocycles. The number of fused-ring (bicyclic) bond motifs is 5. The van der Waals surface area contributed by atoms with Crippen LogP contribution in [0, 0.1) is 11.6 Å². The van der Waals surface area contributed by atoms with Gasteiger partial charge in [0.15, 0.2) is 17.4 Å². The van der Waals surface area contributed by atoms with Crippen LogP contribution in [0.5, 0.6) is 5.75 Å². The van der Waals surface area contributed by atoms with E-state index in [9.17, 15) is 18.4 Å². The maximum Gasteiger partial charge on any atom is 0.408 e. The lowest BCUT2D eigenvalue weighted by Crippen LogP contribution is -2.49. The Balaban J connectivity index is 1.60. The molecule has 2 amide bonds. The highest BCUT2D eigenvalue weighted by Crippen LogP contribution is 2.45. The standard InChI is InChI=1S/C22H22F2N2O4/c1-4-22(2,3)30-21(28)25-17-8-11-5-6-13-14-9-16(24)15(23)7-12(14)10-29-19(13)18(11)26-20(17)27/h5-7,9,17H,4,8,10H2,1-3H3,(H,25,28)(H,26,27)/t17-/m0/s1. The molecule has 0 spiro atoms. The average molecular weight is 416 g/mol. The van der Waals surface area contributed by atoms with Gasteiger partial charge in [0.1, 0.15) is 18.2 Å². The first-order valence-corrected chi connectivity index (χ1v) is 9.76. The zero-order chi connectivity index (χ0) is 21.6. The Morgan fingerprint density at radius 2 is 1.97 bits per heavy atom. The van der Waals surface area contributed by atoms with Crippen molar-refractivity contribution in [2.45, 2.75) is 51.9 Å². The highest BCUT2D eigenvalue weighted by Gasteiger charge is 2.33. The number of halogens is 2. The van der Waals surface area contributed by atoms with Gasteiger partial charge in [-0.1, -0.05) is 19.1 Å². The summed E-state index contributed by atoms with van der Waals surface area (Å²) in [6.45, 7) is 5.54. The molecule has 2 aliphatic heterocycles. The van der Waals surface area contributed by atoms with Crippen LogP contribution in [0.1, 0.15) is 38.3 Å². The first-order chi connectivity index (χ1) is 14.2. The highest BCUT2D eigenvalue weighted by molar-refractivity contribution is 6.02. The third kappa shape index (κ3) is 3.58. The molecule has 4 rings (SSSR count). The first-order valence-electron chi connectivity index (χ1n) is 9.76. The van der Waals surface area contributed by atoms with E-state index in [0.717, 1.165) is 17.7 Å². The van der Waals surface area contributed by atoms with Gasteiger partial charge in [0.2, 0.25) is 5.91 Å². The molecule has 0 saturated heterocycles. The number of nitrogens with one attached hydrogen (secondary N) is 2. The summed E-state index contributed by atoms with van der Waals surface area (Å²) in [6.07, 6.45) is 0.228. The Bertz CT molecular complexity index is 1050. The molecule has 1 atom stereocenters. The van der Waals surface area contributed by atoms with Gasteiger partial charge < -0.3 is 20.1 Å². The molecule has 2 aliphatic rings. The fourth-order valence-corrected chi connectivity index (χ4v) is 3.54. The Morgan fingerprint density at radius 3 is 2.70 bits per heavy atom. The van der Waals surface area contributed by atoms with Crippen LogP contribution in [0.4, 0.5) is 19.3 Å². The van der Waals surface area contributed by atoms with E-state index in [-0.39, 0.29) is 13.0 Å². The highest BCUT2D eigenvalue weighted by atomic mass is 19.2. The van der Waals surface area contributed by atoms with Gasteiger partial charge in [-0.2, -0.15) is 0 Å². The Kier molecular flexibility index (Phi) is 4.88. The molecule has 2 N–H and O–H groups in total. The predicted octanol–water partition coefficient (Wildman–Crippen LogP) is 4.30. The molecule has 0 unspecified atom stereocenters. The fourth-order valence-electron chi connectivity index (χ4n) is 3.54. The number of hydrogen-bond acceptors (Lipinski definition) is 4. The molecule has 30 heavy (non-hydrogen) atoms. The van der Waals surface area contributed by atoms with E-state index in [2.05, 4.69) is 10.6 Å². The fraction of sp³-hybridized carbons (Fsp3) is 0.364. The molecule has 0 aromatic heterocycles. The number of hydrogen-bond donors (Lipinski definition) is 2. The van der Waals surface area contributed by atoms with Crippen LogP contribution in [0.25, 0.3) is 11.1 Å². The number of rotatable bonds is 3. The van der Waals surface area contributed by atoms with Gasteiger partial charge in [-0.3, -0.25) is 4.79 Å². The third-order valence-electron chi connectivity index (χ3n) is 5.55. The van der Waals surface area contributed by atoms with Crippen molar-refractivity contribution in [3.05, 3.63) is 47.0 Å². The summed E-state index contributed by atoms with van der Waals surface area (Å²) in [5, 5.41) is 5.38. The van der Waals surface area contributed by atoms with E-state index in [1.807, 2.05) is 6.92 Å². The second-order valence-corrected chi connectivity index (χ2v) is 8.08. The normalized spacial score (nSPS) is 17.1. The van der Waals surface area contributed by atoms with Gasteiger partial charge >= 0.3 is 6.09 Å². The van der Waals surface area contributed by atoms with E-state index < -0.39 is 35.3 Å². The van der Waals surface area contributed by atoms with E-state index in [1.54, 1.807) is 26.0 Å². The zero-order valence-electron chi connectivity index (χ0n) is 16.9. The van der Waals surface area contributed by atoms with Crippen molar-refractivity contribution in [3.8, 4) is 16.9 Å². The number of alkyl carbamates (subject to hydrolysis) is 1. The van der Waals surface area contributed by atoms with Crippen LogP contribution in [-0.4, -0.2) is 23.6 Å². The van der Waals surface area contributed by atoms with Crippen LogP contribution >= 0.6 is 0 Å². The lowest BCUT2D eigenvalue weighted by Gasteiger charge is -2.31. The molecular formula is C22H22F2N2O4. The Labute approximate surface area is 172 Å². The number of anilines is 1. The van der Waals surface area contributed by atoms with Crippen molar-refractivity contribution in [2.75, 3.05) is 5.32 Å². The van der Waals surface area contributed by atoms with Crippen LogP contribution < -0.4 is 15.4 Å². The van der Waals surface area contributed by atoms with Crippen LogP contribution in [0.2, 0.25) is 0 Å². The summed E-state index contributed by atoms with van der Waals surface area (Å²) < 4.78 is 38.5. The van der Waals surface area contributed by atoms with E-state index in [1.165, 1.54) is 0 Å².